The second-order valence-corrected chi connectivity index (χ2v) is 9.55. The summed E-state index contributed by atoms with van der Waals surface area (Å²) in [7, 11) is 0. The maximum Gasteiger partial charge on any atom is 0.329 e. The van der Waals surface area contributed by atoms with Gasteiger partial charge >= 0.3 is 6.03 Å². The van der Waals surface area contributed by atoms with Crippen molar-refractivity contribution in [1.82, 2.24) is 10.2 Å². The maximum atomic E-state index is 12.8. The zero-order valence-corrected chi connectivity index (χ0v) is 21.0. The average Bonchev–Trinajstić information content (AvgIpc) is 3.02. The molecule has 1 fully saturated rings. The van der Waals surface area contributed by atoms with Gasteiger partial charge in [0.25, 0.3) is 5.91 Å². The molecule has 3 aromatic rings. The second kappa shape index (κ2) is 9.87. The molecular formula is C25H20BrIN2O3. The highest BCUT2D eigenvalue weighted by atomic mass is 127. The SMILES string of the molecule is Cc1cccc(CN2C(=O)N/C(=C/c3ccc(OCc4ccc(Br)cc4)c(I)c3)C2=O)c1. The molecule has 4 rings (SSSR count). The third-order valence-electron chi connectivity index (χ3n) is 4.96. The summed E-state index contributed by atoms with van der Waals surface area (Å²) in [4.78, 5) is 26.4. The van der Waals surface area contributed by atoms with Crippen molar-refractivity contribution in [2.75, 3.05) is 0 Å². The molecule has 1 heterocycles. The lowest BCUT2D eigenvalue weighted by Crippen LogP contribution is -2.30. The van der Waals surface area contributed by atoms with Crippen LogP contribution in [0.1, 0.15) is 22.3 Å². The van der Waals surface area contributed by atoms with E-state index in [4.69, 9.17) is 4.74 Å². The van der Waals surface area contributed by atoms with Gasteiger partial charge in [-0.2, -0.15) is 0 Å². The van der Waals surface area contributed by atoms with Crippen molar-refractivity contribution in [3.63, 3.8) is 0 Å². The number of nitrogens with zero attached hydrogens (tertiary/aromatic N) is 1. The van der Waals surface area contributed by atoms with Crippen LogP contribution in [0.25, 0.3) is 6.08 Å². The van der Waals surface area contributed by atoms with Gasteiger partial charge < -0.3 is 10.1 Å². The molecule has 1 N–H and O–H groups in total. The zero-order valence-electron chi connectivity index (χ0n) is 17.3. The lowest BCUT2D eigenvalue weighted by Gasteiger charge is -2.12. The maximum absolute atomic E-state index is 12.8. The molecule has 0 radical (unpaired) electrons. The molecule has 0 unspecified atom stereocenters. The largest absolute Gasteiger partial charge is 0.488 e. The van der Waals surface area contributed by atoms with Crippen LogP contribution < -0.4 is 10.1 Å². The standard InChI is InChI=1S/C25H20BrIN2O3/c1-16-3-2-4-19(11-16)14-29-24(30)22(28-25(29)31)13-18-7-10-23(21(27)12-18)32-15-17-5-8-20(26)9-6-17/h2-13H,14-15H2,1H3,(H,28,31)/b22-13+. The van der Waals surface area contributed by atoms with Crippen LogP contribution in [0.5, 0.6) is 5.75 Å². The van der Waals surface area contributed by atoms with E-state index < -0.39 is 6.03 Å². The number of nitrogens with one attached hydrogen (secondary N) is 1. The molecule has 0 atom stereocenters. The minimum Gasteiger partial charge on any atom is -0.488 e. The summed E-state index contributed by atoms with van der Waals surface area (Å²) in [6.07, 6.45) is 1.69. The van der Waals surface area contributed by atoms with Crippen molar-refractivity contribution in [3.05, 3.63) is 103 Å². The first-order valence-corrected chi connectivity index (χ1v) is 11.8. The van der Waals surface area contributed by atoms with Gasteiger partial charge in [-0.15, -0.1) is 0 Å². The first-order chi connectivity index (χ1) is 15.4. The molecule has 1 aliphatic rings. The molecule has 0 saturated carbocycles. The highest BCUT2D eigenvalue weighted by Crippen LogP contribution is 2.25. The Labute approximate surface area is 208 Å². The fourth-order valence-corrected chi connectivity index (χ4v) is 4.30. The normalized spacial score (nSPS) is 14.7. The first kappa shape index (κ1) is 22.5. The number of rotatable bonds is 6. The molecule has 3 aromatic carbocycles. The van der Waals surface area contributed by atoms with Crippen LogP contribution in [0, 0.1) is 10.5 Å². The Kier molecular flexibility index (Phi) is 6.95. The number of halogens is 2. The predicted molar refractivity (Wildman–Crippen MR) is 136 cm³/mol. The van der Waals surface area contributed by atoms with Gasteiger partial charge in [0.05, 0.1) is 10.1 Å². The molecule has 0 bridgehead atoms. The number of hydrogen-bond donors (Lipinski definition) is 1. The molecule has 0 spiro atoms. The van der Waals surface area contributed by atoms with Crippen molar-refractivity contribution in [3.8, 4) is 5.75 Å². The summed E-state index contributed by atoms with van der Waals surface area (Å²) in [5, 5.41) is 2.68. The van der Waals surface area contributed by atoms with Gasteiger partial charge in [0.15, 0.2) is 0 Å². The van der Waals surface area contributed by atoms with Crippen LogP contribution in [-0.2, 0) is 17.9 Å². The van der Waals surface area contributed by atoms with E-state index in [-0.39, 0.29) is 18.1 Å². The van der Waals surface area contributed by atoms with Gasteiger partial charge in [-0.05, 0) is 76.5 Å². The van der Waals surface area contributed by atoms with Gasteiger partial charge in [-0.1, -0.05) is 64.0 Å². The Morgan fingerprint density at radius 3 is 2.53 bits per heavy atom. The van der Waals surface area contributed by atoms with Gasteiger partial charge in [-0.3, -0.25) is 9.69 Å². The van der Waals surface area contributed by atoms with Crippen LogP contribution >= 0.6 is 38.5 Å². The molecule has 162 valence electrons. The number of amides is 3. The van der Waals surface area contributed by atoms with E-state index in [1.54, 1.807) is 6.08 Å². The minimum absolute atomic E-state index is 0.240. The minimum atomic E-state index is -0.410. The number of urea groups is 1. The summed E-state index contributed by atoms with van der Waals surface area (Å²) in [5.41, 5.74) is 4.15. The predicted octanol–water partition coefficient (Wildman–Crippen LogP) is 6.03. The third kappa shape index (κ3) is 5.39. The second-order valence-electron chi connectivity index (χ2n) is 7.47. The lowest BCUT2D eigenvalue weighted by molar-refractivity contribution is -0.123. The summed E-state index contributed by atoms with van der Waals surface area (Å²) in [6.45, 7) is 2.69. The van der Waals surface area contributed by atoms with Crippen LogP contribution in [-0.4, -0.2) is 16.8 Å². The van der Waals surface area contributed by atoms with Crippen LogP contribution in [0.4, 0.5) is 4.79 Å². The Balaban J connectivity index is 1.45. The topological polar surface area (TPSA) is 58.6 Å². The summed E-state index contributed by atoms with van der Waals surface area (Å²) >= 11 is 5.63. The van der Waals surface area contributed by atoms with Crippen LogP contribution in [0.3, 0.4) is 0 Å². The van der Waals surface area contributed by atoms with E-state index >= 15 is 0 Å². The van der Waals surface area contributed by atoms with E-state index in [0.717, 1.165) is 36.0 Å². The monoisotopic (exact) mass is 602 g/mol. The molecule has 0 aromatic heterocycles. The Bertz CT molecular complexity index is 1210. The summed E-state index contributed by atoms with van der Waals surface area (Å²) in [5.74, 6) is 0.431. The van der Waals surface area contributed by atoms with Crippen molar-refractivity contribution in [2.24, 2.45) is 0 Å². The van der Waals surface area contributed by atoms with Crippen molar-refractivity contribution in [2.45, 2.75) is 20.1 Å². The Hall–Kier alpha value is -2.65. The molecule has 0 aliphatic carbocycles. The summed E-state index contributed by atoms with van der Waals surface area (Å²) < 4.78 is 7.88. The van der Waals surface area contributed by atoms with Crippen molar-refractivity contribution < 1.29 is 14.3 Å². The van der Waals surface area contributed by atoms with E-state index in [9.17, 15) is 9.59 Å². The zero-order chi connectivity index (χ0) is 22.7. The Morgan fingerprint density at radius 1 is 1.03 bits per heavy atom. The van der Waals surface area contributed by atoms with E-state index in [0.29, 0.717) is 6.61 Å². The fourth-order valence-electron chi connectivity index (χ4n) is 3.34. The summed E-state index contributed by atoms with van der Waals surface area (Å²) in [6, 6.07) is 21.0. The van der Waals surface area contributed by atoms with E-state index in [2.05, 4.69) is 43.8 Å². The Morgan fingerprint density at radius 2 is 1.81 bits per heavy atom. The number of ether oxygens (including phenoxy) is 1. The molecule has 1 saturated heterocycles. The smallest absolute Gasteiger partial charge is 0.329 e. The molecule has 5 nitrogen and oxygen atoms in total. The van der Waals surface area contributed by atoms with Crippen LogP contribution in [0.2, 0.25) is 0 Å². The first-order valence-electron chi connectivity index (χ1n) is 9.96. The highest BCUT2D eigenvalue weighted by molar-refractivity contribution is 14.1. The van der Waals surface area contributed by atoms with Crippen molar-refractivity contribution >= 4 is 56.5 Å². The molecule has 32 heavy (non-hydrogen) atoms. The van der Waals surface area contributed by atoms with Gasteiger partial charge in [0, 0.05) is 4.47 Å². The number of hydrogen-bond acceptors (Lipinski definition) is 3. The van der Waals surface area contributed by atoms with Crippen LogP contribution in [0.15, 0.2) is 76.9 Å². The fraction of sp³-hybridized carbons (Fsp3) is 0.120. The third-order valence-corrected chi connectivity index (χ3v) is 6.33. The number of imide groups is 1. The molecule has 1 aliphatic heterocycles. The molecule has 3 amide bonds. The van der Waals surface area contributed by atoms with Gasteiger partial charge in [0.1, 0.15) is 18.1 Å². The van der Waals surface area contributed by atoms with Gasteiger partial charge in [0.2, 0.25) is 0 Å². The quantitative estimate of drug-likeness (QED) is 0.213. The molecule has 7 heteroatoms. The van der Waals surface area contributed by atoms with Gasteiger partial charge in [-0.25, -0.2) is 4.79 Å². The van der Waals surface area contributed by atoms with E-state index in [1.165, 1.54) is 4.90 Å². The van der Waals surface area contributed by atoms with Crippen molar-refractivity contribution in [1.29, 1.82) is 0 Å². The van der Waals surface area contributed by atoms with E-state index in [1.807, 2.05) is 73.7 Å². The number of benzene rings is 3. The lowest BCUT2D eigenvalue weighted by atomic mass is 10.1. The average molecular weight is 603 g/mol. The number of carbonyl (C=O) groups excluding carboxylic acids is 2. The number of aryl methyl sites for hydroxylation is 1. The molecular weight excluding hydrogens is 583 g/mol. The highest BCUT2D eigenvalue weighted by Gasteiger charge is 2.33. The number of carbonyl (C=O) groups is 2.